The number of hydrogen-bond donors (Lipinski definition) is 1. The van der Waals surface area contributed by atoms with Crippen molar-refractivity contribution in [1.29, 1.82) is 5.26 Å². The van der Waals surface area contributed by atoms with Gasteiger partial charge in [0.25, 0.3) is 5.91 Å². The van der Waals surface area contributed by atoms with Crippen LogP contribution in [-0.2, 0) is 6.54 Å². The van der Waals surface area contributed by atoms with Crippen molar-refractivity contribution in [3.63, 3.8) is 0 Å². The zero-order valence-corrected chi connectivity index (χ0v) is 16.5. The number of nitrogens with one attached hydrogen (secondary N) is 1. The maximum Gasteiger partial charge on any atom is 0.251 e. The first-order valence-electron chi connectivity index (χ1n) is 9.17. The van der Waals surface area contributed by atoms with Crippen LogP contribution in [0.3, 0.4) is 0 Å². The van der Waals surface area contributed by atoms with Crippen molar-refractivity contribution in [2.75, 3.05) is 7.11 Å². The second-order valence-corrected chi connectivity index (χ2v) is 7.15. The molecule has 7 nitrogen and oxygen atoms in total. The van der Waals surface area contributed by atoms with Gasteiger partial charge >= 0.3 is 0 Å². The number of pyridine rings is 1. The molecule has 1 amide bonds. The first-order chi connectivity index (χ1) is 14.1. The van der Waals surface area contributed by atoms with Crippen LogP contribution < -0.4 is 10.1 Å². The highest BCUT2D eigenvalue weighted by Gasteiger charge is 2.25. The van der Waals surface area contributed by atoms with Gasteiger partial charge in [0, 0.05) is 23.7 Å². The Bertz CT molecular complexity index is 1120. The van der Waals surface area contributed by atoms with Crippen LogP contribution in [-0.4, -0.2) is 27.8 Å². The number of nitrogens with zero attached hydrogens (tertiary/aromatic N) is 4. The number of carbonyl (C=O) groups is 1. The molecule has 0 saturated heterocycles. The Labute approximate surface area is 172 Å². The number of amides is 1. The normalized spacial score (nSPS) is 15.3. The van der Waals surface area contributed by atoms with Gasteiger partial charge in [-0.25, -0.2) is 4.98 Å². The van der Waals surface area contributed by atoms with E-state index in [4.69, 9.17) is 21.6 Å². The summed E-state index contributed by atoms with van der Waals surface area (Å²) < 4.78 is 7.09. The fourth-order valence-electron chi connectivity index (χ4n) is 3.46. The largest absolute Gasteiger partial charge is 0.481 e. The van der Waals surface area contributed by atoms with Crippen molar-refractivity contribution >= 4 is 17.5 Å². The van der Waals surface area contributed by atoms with Crippen LogP contribution in [0.5, 0.6) is 5.88 Å². The van der Waals surface area contributed by atoms with Crippen LogP contribution in [0.25, 0.3) is 11.3 Å². The third-order valence-electron chi connectivity index (χ3n) is 4.91. The predicted octanol–water partition coefficient (Wildman–Crippen LogP) is 3.74. The SMILES string of the molecule is COc1cc(-c2cc3n(n2)CCC[C@H]3NC(=O)c2cccc(C#N)c2)c(Cl)cn1. The van der Waals surface area contributed by atoms with Crippen molar-refractivity contribution < 1.29 is 9.53 Å². The summed E-state index contributed by atoms with van der Waals surface area (Å²) in [5.41, 5.74) is 3.27. The number of aromatic nitrogens is 3. The predicted molar refractivity (Wildman–Crippen MR) is 108 cm³/mol. The maximum absolute atomic E-state index is 12.7. The Hall–Kier alpha value is -3.37. The van der Waals surface area contributed by atoms with E-state index >= 15 is 0 Å². The molecule has 146 valence electrons. The van der Waals surface area contributed by atoms with Crippen LogP contribution in [0.4, 0.5) is 0 Å². The number of methoxy groups -OCH3 is 1. The fraction of sp³-hybridized carbons (Fsp3) is 0.238. The topological polar surface area (TPSA) is 92.8 Å². The summed E-state index contributed by atoms with van der Waals surface area (Å²) in [5.74, 6) is 0.240. The van der Waals surface area contributed by atoms with E-state index in [1.807, 2.05) is 10.7 Å². The number of benzene rings is 1. The van der Waals surface area contributed by atoms with Crippen molar-refractivity contribution in [1.82, 2.24) is 20.1 Å². The minimum absolute atomic E-state index is 0.175. The van der Waals surface area contributed by atoms with Crippen molar-refractivity contribution in [2.45, 2.75) is 25.4 Å². The molecule has 0 aliphatic carbocycles. The molecule has 1 aromatic carbocycles. The number of rotatable bonds is 4. The minimum Gasteiger partial charge on any atom is -0.481 e. The highest BCUT2D eigenvalue weighted by atomic mass is 35.5. The molecule has 0 radical (unpaired) electrons. The Morgan fingerprint density at radius 1 is 1.38 bits per heavy atom. The van der Waals surface area contributed by atoms with E-state index in [2.05, 4.69) is 21.5 Å². The molecule has 0 spiro atoms. The zero-order chi connectivity index (χ0) is 20.4. The summed E-state index contributed by atoms with van der Waals surface area (Å²) >= 11 is 6.32. The molecule has 0 bridgehead atoms. The monoisotopic (exact) mass is 407 g/mol. The fourth-order valence-corrected chi connectivity index (χ4v) is 3.66. The van der Waals surface area contributed by atoms with Gasteiger partial charge in [0.2, 0.25) is 5.88 Å². The Kier molecular flexibility index (Phi) is 5.19. The Balaban J connectivity index is 1.62. The summed E-state index contributed by atoms with van der Waals surface area (Å²) in [6.07, 6.45) is 3.24. The van der Waals surface area contributed by atoms with Crippen LogP contribution >= 0.6 is 11.6 Å². The van der Waals surface area contributed by atoms with E-state index in [1.54, 1.807) is 37.4 Å². The third-order valence-corrected chi connectivity index (χ3v) is 5.21. The number of ether oxygens (including phenoxy) is 1. The van der Waals surface area contributed by atoms with Gasteiger partial charge in [-0.15, -0.1) is 0 Å². The van der Waals surface area contributed by atoms with Crippen molar-refractivity contribution in [2.24, 2.45) is 0 Å². The molecule has 1 aliphatic rings. The van der Waals surface area contributed by atoms with Gasteiger partial charge in [-0.3, -0.25) is 9.48 Å². The summed E-state index contributed by atoms with van der Waals surface area (Å²) in [6.45, 7) is 0.769. The molecule has 0 saturated carbocycles. The minimum atomic E-state index is -0.216. The number of halogens is 1. The standard InChI is InChI=1S/C21H18ClN5O2/c1-29-20-9-15(16(22)12-24-20)18-10-19-17(6-3-7-27(19)26-18)25-21(28)14-5-2-4-13(8-14)11-23/h2,4-5,8-10,12,17H,3,6-7H2,1H3,(H,25,28)/t17-/m1/s1. The Morgan fingerprint density at radius 3 is 3.03 bits per heavy atom. The summed E-state index contributed by atoms with van der Waals surface area (Å²) in [7, 11) is 1.55. The first-order valence-corrected chi connectivity index (χ1v) is 9.55. The molecule has 0 fully saturated rings. The van der Waals surface area contributed by atoms with Gasteiger partial charge in [-0.1, -0.05) is 17.7 Å². The molecule has 1 aliphatic heterocycles. The number of fused-ring (bicyclic) bond motifs is 1. The second-order valence-electron chi connectivity index (χ2n) is 6.74. The van der Waals surface area contributed by atoms with Crippen molar-refractivity contribution in [3.8, 4) is 23.2 Å². The van der Waals surface area contributed by atoms with Gasteiger partial charge in [0.1, 0.15) is 0 Å². The molecule has 4 rings (SSSR count). The zero-order valence-electron chi connectivity index (χ0n) is 15.7. The van der Waals surface area contributed by atoms with Gasteiger partial charge in [-0.05, 0) is 37.1 Å². The molecular weight excluding hydrogens is 390 g/mol. The van der Waals surface area contributed by atoms with Gasteiger partial charge in [0.05, 0.1) is 47.4 Å². The van der Waals surface area contributed by atoms with E-state index in [0.29, 0.717) is 27.7 Å². The lowest BCUT2D eigenvalue weighted by Gasteiger charge is -2.24. The second kappa shape index (κ2) is 7.94. The van der Waals surface area contributed by atoms with Gasteiger partial charge in [-0.2, -0.15) is 10.4 Å². The van der Waals surface area contributed by atoms with E-state index in [-0.39, 0.29) is 11.9 Å². The molecule has 29 heavy (non-hydrogen) atoms. The number of carbonyl (C=O) groups excluding carboxylic acids is 1. The lowest BCUT2D eigenvalue weighted by molar-refractivity contribution is 0.0928. The molecule has 0 unspecified atom stereocenters. The third kappa shape index (κ3) is 3.80. The van der Waals surface area contributed by atoms with E-state index in [9.17, 15) is 4.79 Å². The quantitative estimate of drug-likeness (QED) is 0.711. The van der Waals surface area contributed by atoms with Crippen molar-refractivity contribution in [3.05, 3.63) is 64.4 Å². The van der Waals surface area contributed by atoms with Gasteiger partial charge in [0.15, 0.2) is 0 Å². The molecular formula is C21H18ClN5O2. The average molecular weight is 408 g/mol. The lowest BCUT2D eigenvalue weighted by atomic mass is 10.0. The maximum atomic E-state index is 12.7. The number of hydrogen-bond acceptors (Lipinski definition) is 5. The summed E-state index contributed by atoms with van der Waals surface area (Å²) in [6, 6.07) is 12.2. The van der Waals surface area contributed by atoms with Crippen LogP contribution in [0, 0.1) is 11.3 Å². The highest BCUT2D eigenvalue weighted by molar-refractivity contribution is 6.33. The lowest BCUT2D eigenvalue weighted by Crippen LogP contribution is -2.32. The van der Waals surface area contributed by atoms with Crippen LogP contribution in [0.2, 0.25) is 5.02 Å². The molecule has 1 atom stereocenters. The first kappa shape index (κ1) is 19.0. The molecule has 3 aromatic rings. The smallest absolute Gasteiger partial charge is 0.251 e. The molecule has 1 N–H and O–H groups in total. The van der Waals surface area contributed by atoms with Crippen LogP contribution in [0.15, 0.2) is 42.6 Å². The van der Waals surface area contributed by atoms with E-state index in [1.165, 1.54) is 6.20 Å². The summed E-state index contributed by atoms with van der Waals surface area (Å²) in [5, 5.41) is 17.3. The molecule has 8 heteroatoms. The number of aryl methyl sites for hydroxylation is 1. The Morgan fingerprint density at radius 2 is 2.24 bits per heavy atom. The summed E-state index contributed by atoms with van der Waals surface area (Å²) in [4.78, 5) is 16.8. The van der Waals surface area contributed by atoms with E-state index < -0.39 is 0 Å². The molecule has 3 heterocycles. The highest BCUT2D eigenvalue weighted by Crippen LogP contribution is 2.33. The molecule has 2 aromatic heterocycles. The van der Waals surface area contributed by atoms with Gasteiger partial charge < -0.3 is 10.1 Å². The van der Waals surface area contributed by atoms with Crippen LogP contribution in [0.1, 0.15) is 40.5 Å². The number of nitriles is 1. The van der Waals surface area contributed by atoms with E-state index in [0.717, 1.165) is 30.6 Å². The average Bonchev–Trinajstić information content (AvgIpc) is 3.19.